The average Bonchev–Trinajstić information content (AvgIpc) is 3.05. The third-order valence-corrected chi connectivity index (χ3v) is 4.21. The van der Waals surface area contributed by atoms with Gasteiger partial charge < -0.3 is 14.4 Å². The van der Waals surface area contributed by atoms with Crippen molar-refractivity contribution in [3.8, 4) is 0 Å². The Kier molecular flexibility index (Phi) is 5.03. The van der Waals surface area contributed by atoms with E-state index in [9.17, 15) is 9.59 Å². The van der Waals surface area contributed by atoms with E-state index in [4.69, 9.17) is 9.47 Å². The summed E-state index contributed by atoms with van der Waals surface area (Å²) >= 11 is 1.51. The summed E-state index contributed by atoms with van der Waals surface area (Å²) in [6, 6.07) is 2.00. The van der Waals surface area contributed by atoms with Gasteiger partial charge in [-0.3, -0.25) is 0 Å². The number of methoxy groups -OCH3 is 2. The maximum Gasteiger partial charge on any atom is 0.336 e. The highest BCUT2D eigenvalue weighted by molar-refractivity contribution is 7.08. The number of carbonyl (C=O) groups is 2. The van der Waals surface area contributed by atoms with Crippen molar-refractivity contribution in [1.29, 1.82) is 0 Å². The third kappa shape index (κ3) is 3.06. The number of nitrogens with zero attached hydrogens (tertiary/aromatic N) is 1. The largest absolute Gasteiger partial charge is 0.466 e. The average molecular weight is 321 g/mol. The molecule has 1 aliphatic rings. The summed E-state index contributed by atoms with van der Waals surface area (Å²) in [5.41, 5.74) is 1.73. The van der Waals surface area contributed by atoms with Gasteiger partial charge in [0.1, 0.15) is 0 Å². The zero-order valence-electron chi connectivity index (χ0n) is 13.0. The van der Waals surface area contributed by atoms with E-state index in [1.54, 1.807) is 12.4 Å². The van der Waals surface area contributed by atoms with Gasteiger partial charge in [0.05, 0.1) is 31.3 Å². The second-order valence-electron chi connectivity index (χ2n) is 5.18. The van der Waals surface area contributed by atoms with E-state index in [-0.39, 0.29) is 6.04 Å². The minimum Gasteiger partial charge on any atom is -0.466 e. The standard InChI is InChI=1S/C16H19NO4S/c1-10(2)17-7-12(15(18)20-3)14(11-5-6-22-9-11)13(8-17)16(19)21-4/h5-10,14H,1-4H3. The molecule has 0 fully saturated rings. The predicted molar refractivity (Wildman–Crippen MR) is 84.2 cm³/mol. The third-order valence-electron chi connectivity index (χ3n) is 3.51. The normalized spacial score (nSPS) is 15.4. The molecule has 0 unspecified atom stereocenters. The van der Waals surface area contributed by atoms with Crippen LogP contribution in [0.2, 0.25) is 0 Å². The summed E-state index contributed by atoms with van der Waals surface area (Å²) in [6.07, 6.45) is 3.48. The highest BCUT2D eigenvalue weighted by atomic mass is 32.1. The highest BCUT2D eigenvalue weighted by Gasteiger charge is 2.35. The summed E-state index contributed by atoms with van der Waals surface area (Å²) in [4.78, 5) is 26.2. The van der Waals surface area contributed by atoms with Gasteiger partial charge in [-0.2, -0.15) is 11.3 Å². The van der Waals surface area contributed by atoms with E-state index in [0.717, 1.165) is 5.56 Å². The molecule has 0 saturated carbocycles. The van der Waals surface area contributed by atoms with Crippen molar-refractivity contribution in [3.05, 3.63) is 45.9 Å². The number of hydrogen-bond acceptors (Lipinski definition) is 6. The van der Waals surface area contributed by atoms with Crippen LogP contribution in [-0.2, 0) is 19.1 Å². The Morgan fingerprint density at radius 1 is 1.14 bits per heavy atom. The summed E-state index contributed by atoms with van der Waals surface area (Å²) in [6.45, 7) is 3.95. The number of carbonyl (C=O) groups excluding carboxylic acids is 2. The molecule has 0 bridgehead atoms. The summed E-state index contributed by atoms with van der Waals surface area (Å²) in [5.74, 6) is -1.37. The van der Waals surface area contributed by atoms with Crippen molar-refractivity contribution in [3.63, 3.8) is 0 Å². The Balaban J connectivity index is 2.56. The van der Waals surface area contributed by atoms with Crippen LogP contribution in [0.1, 0.15) is 25.3 Å². The topological polar surface area (TPSA) is 55.8 Å². The first-order chi connectivity index (χ1) is 10.5. The van der Waals surface area contributed by atoms with E-state index in [1.807, 2.05) is 35.6 Å². The lowest BCUT2D eigenvalue weighted by atomic mass is 9.84. The van der Waals surface area contributed by atoms with E-state index in [0.29, 0.717) is 11.1 Å². The van der Waals surface area contributed by atoms with Crippen molar-refractivity contribution in [2.24, 2.45) is 0 Å². The summed E-state index contributed by atoms with van der Waals surface area (Å²) in [5, 5.41) is 3.83. The van der Waals surface area contributed by atoms with E-state index in [2.05, 4.69) is 0 Å². The molecule has 1 aromatic rings. The van der Waals surface area contributed by atoms with Gasteiger partial charge in [-0.25, -0.2) is 9.59 Å². The highest BCUT2D eigenvalue weighted by Crippen LogP contribution is 2.38. The van der Waals surface area contributed by atoms with Gasteiger partial charge in [0.2, 0.25) is 0 Å². The van der Waals surface area contributed by atoms with Crippen LogP contribution in [0.25, 0.3) is 0 Å². The van der Waals surface area contributed by atoms with Crippen LogP contribution in [0, 0.1) is 0 Å². The molecule has 2 heterocycles. The molecule has 0 N–H and O–H groups in total. The van der Waals surface area contributed by atoms with Gasteiger partial charge >= 0.3 is 11.9 Å². The lowest BCUT2D eigenvalue weighted by molar-refractivity contribution is -0.137. The van der Waals surface area contributed by atoms with Gasteiger partial charge in [-0.1, -0.05) is 0 Å². The van der Waals surface area contributed by atoms with Crippen molar-refractivity contribution in [2.75, 3.05) is 14.2 Å². The van der Waals surface area contributed by atoms with Gasteiger partial charge in [-0.15, -0.1) is 0 Å². The van der Waals surface area contributed by atoms with Crippen LogP contribution >= 0.6 is 11.3 Å². The maximum absolute atomic E-state index is 12.2. The molecule has 0 saturated heterocycles. The van der Waals surface area contributed by atoms with Crippen LogP contribution in [0.5, 0.6) is 0 Å². The minimum atomic E-state index is -0.471. The first-order valence-corrected chi connectivity index (χ1v) is 7.83. The number of hydrogen-bond donors (Lipinski definition) is 0. The van der Waals surface area contributed by atoms with Gasteiger partial charge in [-0.05, 0) is 36.2 Å². The fourth-order valence-electron chi connectivity index (χ4n) is 2.35. The molecule has 118 valence electrons. The molecule has 0 atom stereocenters. The first-order valence-electron chi connectivity index (χ1n) is 6.89. The van der Waals surface area contributed by atoms with Gasteiger partial charge in [0.25, 0.3) is 0 Å². The molecule has 0 aromatic carbocycles. The number of ether oxygens (including phenoxy) is 2. The van der Waals surface area contributed by atoms with Crippen LogP contribution in [-0.4, -0.2) is 37.1 Å². The zero-order chi connectivity index (χ0) is 16.3. The second kappa shape index (κ2) is 6.79. The molecule has 6 heteroatoms. The second-order valence-corrected chi connectivity index (χ2v) is 5.96. The quantitative estimate of drug-likeness (QED) is 0.798. The van der Waals surface area contributed by atoms with E-state index in [1.165, 1.54) is 25.6 Å². The number of esters is 2. The van der Waals surface area contributed by atoms with E-state index >= 15 is 0 Å². The van der Waals surface area contributed by atoms with E-state index < -0.39 is 17.9 Å². The number of rotatable bonds is 4. The van der Waals surface area contributed by atoms with Crippen molar-refractivity contribution in [2.45, 2.75) is 25.8 Å². The molecular formula is C16H19NO4S. The molecule has 0 radical (unpaired) electrons. The Labute approximate surface area is 133 Å². The van der Waals surface area contributed by atoms with Gasteiger partial charge in [0, 0.05) is 18.4 Å². The molecule has 1 aromatic heterocycles. The Bertz CT molecular complexity index is 582. The summed E-state index contributed by atoms with van der Waals surface area (Å²) in [7, 11) is 2.67. The predicted octanol–water partition coefficient (Wildman–Crippen LogP) is 2.67. The monoisotopic (exact) mass is 321 g/mol. The van der Waals surface area contributed by atoms with Gasteiger partial charge in [0.15, 0.2) is 0 Å². The summed E-state index contributed by atoms with van der Waals surface area (Å²) < 4.78 is 9.80. The molecule has 1 aliphatic heterocycles. The van der Waals surface area contributed by atoms with Crippen molar-refractivity contribution >= 4 is 23.3 Å². The minimum absolute atomic E-state index is 0.0998. The Hall–Kier alpha value is -2.08. The van der Waals surface area contributed by atoms with Crippen LogP contribution < -0.4 is 0 Å². The first kappa shape index (κ1) is 16.3. The molecule has 0 aliphatic carbocycles. The fourth-order valence-corrected chi connectivity index (χ4v) is 3.03. The molecule has 0 spiro atoms. The lowest BCUT2D eigenvalue weighted by Crippen LogP contribution is -2.31. The van der Waals surface area contributed by atoms with Crippen LogP contribution in [0.15, 0.2) is 40.4 Å². The smallest absolute Gasteiger partial charge is 0.336 e. The molecule has 2 rings (SSSR count). The Morgan fingerprint density at radius 2 is 1.68 bits per heavy atom. The van der Waals surface area contributed by atoms with Crippen LogP contribution in [0.3, 0.4) is 0 Å². The molecule has 5 nitrogen and oxygen atoms in total. The van der Waals surface area contributed by atoms with Crippen molar-refractivity contribution in [1.82, 2.24) is 4.90 Å². The van der Waals surface area contributed by atoms with Crippen molar-refractivity contribution < 1.29 is 19.1 Å². The fraction of sp³-hybridized carbons (Fsp3) is 0.375. The molecule has 0 amide bonds. The maximum atomic E-state index is 12.2. The Morgan fingerprint density at radius 3 is 2.05 bits per heavy atom. The van der Waals surface area contributed by atoms with Crippen LogP contribution in [0.4, 0.5) is 0 Å². The molecule has 22 heavy (non-hydrogen) atoms. The lowest BCUT2D eigenvalue weighted by Gasteiger charge is -2.31. The zero-order valence-corrected chi connectivity index (χ0v) is 13.8. The SMILES string of the molecule is COC(=O)C1=CN(C(C)C)C=C(C(=O)OC)C1c1ccsc1. The number of thiophene rings is 1. The molecular weight excluding hydrogens is 302 g/mol.